The highest BCUT2D eigenvalue weighted by Gasteiger charge is 2.21. The van der Waals surface area contributed by atoms with Crippen LogP contribution < -0.4 is 5.73 Å². The standard InChI is InChI=1S/C19H19FN2O2S/c20-14-6-7-16-15(12-14)19(25(24)11-10-23)18(17(22-16)8-9-21)13-4-2-1-3-5-13/h1-7,12,23H,8-11,21H2. The van der Waals surface area contributed by atoms with Crippen molar-refractivity contribution in [3.05, 3.63) is 60.0 Å². The lowest BCUT2D eigenvalue weighted by Crippen LogP contribution is -2.11. The van der Waals surface area contributed by atoms with Crippen molar-refractivity contribution < 1.29 is 13.7 Å². The molecule has 0 aliphatic heterocycles. The smallest absolute Gasteiger partial charge is 0.124 e. The fraction of sp³-hybridized carbons (Fsp3) is 0.211. The first kappa shape index (κ1) is 17.7. The Balaban J connectivity index is 2.41. The van der Waals surface area contributed by atoms with Gasteiger partial charge in [0.15, 0.2) is 0 Å². The van der Waals surface area contributed by atoms with Crippen LogP contribution in [0.4, 0.5) is 4.39 Å². The third-order valence-corrected chi connectivity index (χ3v) is 5.35. The molecule has 3 aromatic rings. The zero-order chi connectivity index (χ0) is 17.8. The maximum Gasteiger partial charge on any atom is 0.124 e. The third kappa shape index (κ3) is 3.61. The SMILES string of the molecule is NCCc1nc2ccc(F)cc2c(S(=O)CCO)c1-c1ccccc1. The number of benzene rings is 2. The van der Waals surface area contributed by atoms with Gasteiger partial charge in [0.2, 0.25) is 0 Å². The van der Waals surface area contributed by atoms with E-state index >= 15 is 0 Å². The van der Waals surface area contributed by atoms with E-state index in [1.807, 2.05) is 30.3 Å². The Labute approximate surface area is 148 Å². The van der Waals surface area contributed by atoms with E-state index in [1.165, 1.54) is 12.1 Å². The molecular formula is C19H19FN2O2S. The molecule has 1 unspecified atom stereocenters. The summed E-state index contributed by atoms with van der Waals surface area (Å²) in [6, 6.07) is 13.7. The van der Waals surface area contributed by atoms with Gasteiger partial charge in [0.25, 0.3) is 0 Å². The largest absolute Gasteiger partial charge is 0.395 e. The number of hydrogen-bond acceptors (Lipinski definition) is 4. The van der Waals surface area contributed by atoms with E-state index in [0.29, 0.717) is 28.8 Å². The molecule has 3 N–H and O–H groups in total. The second-order valence-electron chi connectivity index (χ2n) is 5.60. The second kappa shape index (κ2) is 7.82. The van der Waals surface area contributed by atoms with Gasteiger partial charge in [0.1, 0.15) is 5.82 Å². The molecule has 1 aromatic heterocycles. The molecule has 130 valence electrons. The molecule has 0 saturated heterocycles. The summed E-state index contributed by atoms with van der Waals surface area (Å²) in [5.41, 5.74) is 8.62. The number of rotatable bonds is 6. The van der Waals surface area contributed by atoms with Crippen LogP contribution in [0, 0.1) is 5.82 Å². The lowest BCUT2D eigenvalue weighted by atomic mass is 9.99. The molecule has 0 aliphatic carbocycles. The number of halogens is 1. The Kier molecular flexibility index (Phi) is 5.53. The first-order valence-electron chi connectivity index (χ1n) is 8.02. The molecular weight excluding hydrogens is 339 g/mol. The molecule has 4 nitrogen and oxygen atoms in total. The van der Waals surface area contributed by atoms with Crippen LogP contribution >= 0.6 is 0 Å². The van der Waals surface area contributed by atoms with Crippen LogP contribution in [-0.4, -0.2) is 33.2 Å². The van der Waals surface area contributed by atoms with E-state index in [1.54, 1.807) is 6.07 Å². The topological polar surface area (TPSA) is 76.2 Å². The van der Waals surface area contributed by atoms with Crippen molar-refractivity contribution in [2.24, 2.45) is 5.73 Å². The molecule has 0 aliphatic rings. The highest BCUT2D eigenvalue weighted by molar-refractivity contribution is 7.85. The first-order valence-corrected chi connectivity index (χ1v) is 9.34. The van der Waals surface area contributed by atoms with Gasteiger partial charge >= 0.3 is 0 Å². The lowest BCUT2D eigenvalue weighted by Gasteiger charge is -2.17. The molecule has 0 saturated carbocycles. The monoisotopic (exact) mass is 358 g/mol. The van der Waals surface area contributed by atoms with Gasteiger partial charge in [-0.3, -0.25) is 9.19 Å². The Hall–Kier alpha value is -2.15. The van der Waals surface area contributed by atoms with Crippen molar-refractivity contribution in [2.75, 3.05) is 18.9 Å². The lowest BCUT2D eigenvalue weighted by molar-refractivity contribution is 0.321. The van der Waals surface area contributed by atoms with Crippen molar-refractivity contribution in [2.45, 2.75) is 11.3 Å². The van der Waals surface area contributed by atoms with Crippen LogP contribution in [0.15, 0.2) is 53.4 Å². The maximum absolute atomic E-state index is 13.9. The first-order chi connectivity index (χ1) is 12.2. The number of hydrogen-bond donors (Lipinski definition) is 2. The molecule has 0 spiro atoms. The van der Waals surface area contributed by atoms with E-state index < -0.39 is 16.6 Å². The summed E-state index contributed by atoms with van der Waals surface area (Å²) in [6.45, 7) is 0.178. The fourth-order valence-corrected chi connectivity index (χ4v) is 4.14. The number of aromatic nitrogens is 1. The molecule has 0 radical (unpaired) electrons. The number of nitrogens with zero attached hydrogens (tertiary/aromatic N) is 1. The van der Waals surface area contributed by atoms with E-state index in [9.17, 15) is 13.7 Å². The Morgan fingerprint density at radius 1 is 1.16 bits per heavy atom. The quantitative estimate of drug-likeness (QED) is 0.710. The average Bonchev–Trinajstić information content (AvgIpc) is 2.62. The van der Waals surface area contributed by atoms with Crippen molar-refractivity contribution in [1.29, 1.82) is 0 Å². The minimum Gasteiger partial charge on any atom is -0.395 e. The van der Waals surface area contributed by atoms with E-state index in [2.05, 4.69) is 4.98 Å². The zero-order valence-corrected chi connectivity index (χ0v) is 14.4. The summed E-state index contributed by atoms with van der Waals surface area (Å²) in [6.07, 6.45) is 0.515. The summed E-state index contributed by atoms with van der Waals surface area (Å²) in [7, 11) is -1.49. The zero-order valence-electron chi connectivity index (χ0n) is 13.6. The molecule has 2 aromatic carbocycles. The van der Waals surface area contributed by atoms with Crippen LogP contribution in [0.2, 0.25) is 0 Å². The molecule has 25 heavy (non-hydrogen) atoms. The minimum atomic E-state index is -1.49. The molecule has 1 atom stereocenters. The van der Waals surface area contributed by atoms with Gasteiger partial charge in [-0.1, -0.05) is 30.3 Å². The normalized spacial score (nSPS) is 12.4. The van der Waals surface area contributed by atoms with Crippen molar-refractivity contribution >= 4 is 21.7 Å². The predicted molar refractivity (Wildman–Crippen MR) is 98.3 cm³/mol. The summed E-state index contributed by atoms with van der Waals surface area (Å²) in [5, 5.41) is 9.76. The molecule has 6 heteroatoms. The number of aliphatic hydroxyl groups is 1. The number of pyridine rings is 1. The van der Waals surface area contributed by atoms with E-state index in [0.717, 1.165) is 16.8 Å². The van der Waals surface area contributed by atoms with Crippen LogP contribution in [0.5, 0.6) is 0 Å². The Morgan fingerprint density at radius 3 is 2.60 bits per heavy atom. The molecule has 0 fully saturated rings. The van der Waals surface area contributed by atoms with Gasteiger partial charge in [0, 0.05) is 17.4 Å². The van der Waals surface area contributed by atoms with E-state index in [-0.39, 0.29) is 12.4 Å². The van der Waals surface area contributed by atoms with Crippen molar-refractivity contribution in [3.63, 3.8) is 0 Å². The van der Waals surface area contributed by atoms with Gasteiger partial charge in [-0.05, 0) is 30.3 Å². The van der Waals surface area contributed by atoms with Gasteiger partial charge in [-0.25, -0.2) is 4.39 Å². The highest BCUT2D eigenvalue weighted by Crippen LogP contribution is 2.35. The van der Waals surface area contributed by atoms with Crippen molar-refractivity contribution in [1.82, 2.24) is 4.98 Å². The van der Waals surface area contributed by atoms with Gasteiger partial charge in [0.05, 0.1) is 39.3 Å². The van der Waals surface area contributed by atoms with Crippen LogP contribution in [0.1, 0.15) is 5.69 Å². The van der Waals surface area contributed by atoms with Crippen LogP contribution in [-0.2, 0) is 17.2 Å². The molecule has 1 heterocycles. The second-order valence-corrected chi connectivity index (χ2v) is 7.11. The number of fused-ring (bicyclic) bond motifs is 1. The fourth-order valence-electron chi connectivity index (χ4n) is 2.90. The number of aliphatic hydroxyl groups excluding tert-OH is 1. The minimum absolute atomic E-state index is 0.0809. The third-order valence-electron chi connectivity index (χ3n) is 3.92. The van der Waals surface area contributed by atoms with Crippen LogP contribution in [0.25, 0.3) is 22.0 Å². The van der Waals surface area contributed by atoms with Gasteiger partial charge in [-0.2, -0.15) is 0 Å². The van der Waals surface area contributed by atoms with E-state index in [4.69, 9.17) is 5.73 Å². The summed E-state index contributed by atoms with van der Waals surface area (Å²) < 4.78 is 26.7. The Morgan fingerprint density at radius 2 is 1.92 bits per heavy atom. The van der Waals surface area contributed by atoms with Crippen molar-refractivity contribution in [3.8, 4) is 11.1 Å². The molecule has 0 amide bonds. The summed E-state index contributed by atoms with van der Waals surface area (Å²) in [4.78, 5) is 5.15. The molecule has 3 rings (SSSR count). The highest BCUT2D eigenvalue weighted by atomic mass is 32.2. The maximum atomic E-state index is 13.9. The van der Waals surface area contributed by atoms with Gasteiger partial charge < -0.3 is 10.8 Å². The molecule has 0 bridgehead atoms. The van der Waals surface area contributed by atoms with Gasteiger partial charge in [-0.15, -0.1) is 0 Å². The summed E-state index contributed by atoms with van der Waals surface area (Å²) >= 11 is 0. The predicted octanol–water partition coefficient (Wildman–Crippen LogP) is 2.64. The summed E-state index contributed by atoms with van der Waals surface area (Å²) in [5.74, 6) is -0.334. The average molecular weight is 358 g/mol. The van der Waals surface area contributed by atoms with Crippen LogP contribution in [0.3, 0.4) is 0 Å². The number of nitrogens with two attached hydrogens (primary N) is 1. The Bertz CT molecular complexity index is 916.